The average Bonchev–Trinajstić information content (AvgIpc) is 3.29. The van der Waals surface area contributed by atoms with Crippen molar-refractivity contribution in [1.29, 1.82) is 0 Å². The maximum absolute atomic E-state index is 9.99. The molecule has 1 radical (unpaired) electrons. The van der Waals surface area contributed by atoms with Gasteiger partial charge in [-0.25, -0.2) is 0 Å². The minimum Gasteiger partial charge on any atom is -1.00 e. The van der Waals surface area contributed by atoms with E-state index in [9.17, 15) is 5.11 Å². The SMILES string of the molecule is OC(c1ccccc1)c1ccccc1.[Cl-].[Cl-].[Ti+3].[c-]1ccccc1-c1cccc2c1Cc1ccccc1-2. The predicted octanol–water partition coefficient (Wildman–Crippen LogP) is 1.50. The molecule has 1 N–H and O–H groups in total. The van der Waals surface area contributed by atoms with Gasteiger partial charge >= 0.3 is 21.7 Å². The van der Waals surface area contributed by atoms with Gasteiger partial charge in [-0.05, 0) is 34.2 Å². The summed E-state index contributed by atoms with van der Waals surface area (Å²) < 4.78 is 0. The van der Waals surface area contributed by atoms with E-state index in [-0.39, 0.29) is 46.5 Å². The van der Waals surface area contributed by atoms with Gasteiger partial charge in [0.05, 0.1) is 0 Å². The minimum absolute atomic E-state index is 0. The third-order valence-corrected chi connectivity index (χ3v) is 6.08. The van der Waals surface area contributed by atoms with Crippen molar-refractivity contribution in [2.75, 3.05) is 0 Å². The summed E-state index contributed by atoms with van der Waals surface area (Å²) in [6.45, 7) is 0. The Morgan fingerprint density at radius 2 is 1.08 bits per heavy atom. The van der Waals surface area contributed by atoms with E-state index >= 15 is 0 Å². The smallest absolute Gasteiger partial charge is 1.00 e. The minimum atomic E-state index is -0.516. The predicted molar refractivity (Wildman–Crippen MR) is 136 cm³/mol. The Morgan fingerprint density at radius 3 is 1.69 bits per heavy atom. The van der Waals surface area contributed by atoms with E-state index in [0.717, 1.165) is 17.5 Å². The molecule has 0 saturated carbocycles. The number of benzene rings is 5. The van der Waals surface area contributed by atoms with Gasteiger partial charge in [0.25, 0.3) is 0 Å². The number of halogens is 2. The van der Waals surface area contributed by atoms with Crippen LogP contribution >= 0.6 is 0 Å². The Balaban J connectivity index is 0.000000244. The first kappa shape index (κ1) is 29.6. The summed E-state index contributed by atoms with van der Waals surface area (Å²) in [6, 6.07) is 46.2. The second-order valence-electron chi connectivity index (χ2n) is 8.17. The van der Waals surface area contributed by atoms with Gasteiger partial charge in [0.2, 0.25) is 0 Å². The van der Waals surface area contributed by atoms with Crippen molar-refractivity contribution in [3.8, 4) is 22.3 Å². The van der Waals surface area contributed by atoms with E-state index in [0.29, 0.717) is 0 Å². The zero-order chi connectivity index (χ0) is 22.5. The van der Waals surface area contributed by atoms with Crippen molar-refractivity contribution in [3.05, 3.63) is 156 Å². The van der Waals surface area contributed by atoms with Crippen LogP contribution in [-0.4, -0.2) is 5.11 Å². The standard InChI is InChI=1S/C19H13.C13H12O.2ClH.Ti/c1-2-7-14(8-3-1)16-11-6-12-18-17-10-5-4-9-15(17)13-19(16)18;14-13(11-7-3-1-4-8-11)12-9-5-2-6-10-12;;;/h1-7,9-12H,13H2;1-10,13-14H;2*1H;/q-1;;;;+3/p-2. The fourth-order valence-corrected chi connectivity index (χ4v) is 4.43. The molecular formula is C32H25Cl2OTi. The number of rotatable bonds is 3. The molecule has 0 aromatic heterocycles. The van der Waals surface area contributed by atoms with Crippen LogP contribution in [0.4, 0.5) is 0 Å². The van der Waals surface area contributed by atoms with Crippen LogP contribution in [0, 0.1) is 6.07 Å². The fourth-order valence-electron chi connectivity index (χ4n) is 4.43. The van der Waals surface area contributed by atoms with Gasteiger partial charge in [-0.1, -0.05) is 114 Å². The van der Waals surface area contributed by atoms with Gasteiger partial charge in [0, 0.05) is 0 Å². The van der Waals surface area contributed by atoms with Gasteiger partial charge in [-0.15, -0.1) is 35.9 Å². The quantitative estimate of drug-likeness (QED) is 0.265. The second kappa shape index (κ2) is 14.2. The first-order valence-corrected chi connectivity index (χ1v) is 11.3. The van der Waals surface area contributed by atoms with Crippen molar-refractivity contribution >= 4 is 0 Å². The number of hydrogen-bond acceptors (Lipinski definition) is 1. The van der Waals surface area contributed by atoms with Crippen LogP contribution in [0.5, 0.6) is 0 Å². The third-order valence-electron chi connectivity index (χ3n) is 6.08. The van der Waals surface area contributed by atoms with E-state index in [1.807, 2.05) is 72.8 Å². The molecule has 0 saturated heterocycles. The molecular weight excluding hydrogens is 519 g/mol. The van der Waals surface area contributed by atoms with Crippen molar-refractivity contribution in [3.63, 3.8) is 0 Å². The molecule has 36 heavy (non-hydrogen) atoms. The molecule has 177 valence electrons. The fraction of sp³-hybridized carbons (Fsp3) is 0.0625. The van der Waals surface area contributed by atoms with Gasteiger partial charge in [0.1, 0.15) is 6.10 Å². The molecule has 5 aromatic rings. The number of aliphatic hydroxyl groups is 1. The van der Waals surface area contributed by atoms with Gasteiger partial charge in [0.15, 0.2) is 0 Å². The summed E-state index contributed by atoms with van der Waals surface area (Å²) in [4.78, 5) is 0. The van der Waals surface area contributed by atoms with Crippen molar-refractivity contribution in [2.45, 2.75) is 12.5 Å². The molecule has 6 rings (SSSR count). The Hall–Kier alpha value is -2.65. The van der Waals surface area contributed by atoms with Gasteiger partial charge in [-0.3, -0.25) is 0 Å². The molecule has 0 heterocycles. The first-order valence-electron chi connectivity index (χ1n) is 11.3. The van der Waals surface area contributed by atoms with Gasteiger partial charge in [-0.2, -0.15) is 0 Å². The Labute approximate surface area is 240 Å². The second-order valence-corrected chi connectivity index (χ2v) is 8.17. The van der Waals surface area contributed by atoms with E-state index in [4.69, 9.17) is 0 Å². The summed E-state index contributed by atoms with van der Waals surface area (Å²) in [5, 5.41) is 9.99. The summed E-state index contributed by atoms with van der Waals surface area (Å²) in [6.07, 6.45) is 0.516. The molecule has 0 aliphatic heterocycles. The van der Waals surface area contributed by atoms with Crippen LogP contribution in [0.15, 0.2) is 127 Å². The van der Waals surface area contributed by atoms with E-state index in [1.54, 1.807) is 0 Å². The van der Waals surface area contributed by atoms with E-state index < -0.39 is 6.10 Å². The molecule has 0 fully saturated rings. The molecule has 1 aliphatic rings. The summed E-state index contributed by atoms with van der Waals surface area (Å²) in [7, 11) is 0. The van der Waals surface area contributed by atoms with E-state index in [1.165, 1.54) is 33.4 Å². The largest absolute Gasteiger partial charge is 3.00 e. The number of hydrogen-bond donors (Lipinski definition) is 1. The monoisotopic (exact) mass is 543 g/mol. The van der Waals surface area contributed by atoms with Crippen LogP contribution in [-0.2, 0) is 28.1 Å². The molecule has 0 spiro atoms. The van der Waals surface area contributed by atoms with Crippen LogP contribution in [0.2, 0.25) is 0 Å². The third kappa shape index (κ3) is 6.56. The van der Waals surface area contributed by atoms with Crippen molar-refractivity contribution < 1.29 is 51.6 Å². The topological polar surface area (TPSA) is 20.2 Å². The molecule has 0 unspecified atom stereocenters. The Kier molecular flexibility index (Phi) is 11.7. The summed E-state index contributed by atoms with van der Waals surface area (Å²) in [5.41, 5.74) is 9.99. The first-order chi connectivity index (χ1) is 16.3. The van der Waals surface area contributed by atoms with Crippen LogP contribution in [0.1, 0.15) is 28.4 Å². The van der Waals surface area contributed by atoms with Crippen molar-refractivity contribution in [2.24, 2.45) is 0 Å². The average molecular weight is 544 g/mol. The molecule has 0 atom stereocenters. The summed E-state index contributed by atoms with van der Waals surface area (Å²) >= 11 is 0. The molecule has 1 nitrogen and oxygen atoms in total. The van der Waals surface area contributed by atoms with E-state index in [2.05, 4.69) is 60.7 Å². The van der Waals surface area contributed by atoms with Crippen LogP contribution in [0.25, 0.3) is 22.3 Å². The number of fused-ring (bicyclic) bond motifs is 3. The molecule has 1 aliphatic carbocycles. The number of aliphatic hydroxyl groups excluding tert-OH is 1. The molecule has 0 bridgehead atoms. The van der Waals surface area contributed by atoms with Crippen LogP contribution in [0.3, 0.4) is 0 Å². The van der Waals surface area contributed by atoms with Crippen LogP contribution < -0.4 is 24.8 Å². The summed E-state index contributed by atoms with van der Waals surface area (Å²) in [5.74, 6) is 0. The molecule has 5 aromatic carbocycles. The van der Waals surface area contributed by atoms with Crippen molar-refractivity contribution in [1.82, 2.24) is 0 Å². The molecule has 4 heteroatoms. The Morgan fingerprint density at radius 1 is 0.556 bits per heavy atom. The Bertz CT molecular complexity index is 1300. The normalized spacial score (nSPS) is 10.4. The zero-order valence-electron chi connectivity index (χ0n) is 19.6. The molecule has 0 amide bonds. The maximum atomic E-state index is 9.99. The maximum Gasteiger partial charge on any atom is 3.00 e. The van der Waals surface area contributed by atoms with Gasteiger partial charge < -0.3 is 29.9 Å². The zero-order valence-corrected chi connectivity index (χ0v) is 22.7.